The molecule has 0 aromatic rings. The molecule has 10 heavy (non-hydrogen) atoms. The van der Waals surface area contributed by atoms with E-state index in [2.05, 4.69) is 6.92 Å². The Hall–Kier alpha value is -0.0400. The molecule has 0 radical (unpaired) electrons. The van der Waals surface area contributed by atoms with Crippen LogP contribution in [0.4, 0.5) is 0 Å². The Labute approximate surface area is 62.8 Å². The molecular weight excluding hydrogens is 124 g/mol. The number of ether oxygens (including phenoxy) is 1. The highest BCUT2D eigenvalue weighted by Gasteiger charge is 2.45. The number of rotatable bonds is 1. The van der Waals surface area contributed by atoms with Gasteiger partial charge in [0, 0.05) is 6.61 Å². The van der Waals surface area contributed by atoms with Crippen LogP contribution in [-0.4, -0.2) is 12.7 Å². The topological polar surface area (TPSA) is 9.23 Å². The predicted molar refractivity (Wildman–Crippen MR) is 40.9 cm³/mol. The minimum absolute atomic E-state index is 0.625. The van der Waals surface area contributed by atoms with Gasteiger partial charge in [-0.25, -0.2) is 0 Å². The van der Waals surface area contributed by atoms with Crippen LogP contribution in [0.25, 0.3) is 0 Å². The van der Waals surface area contributed by atoms with Crippen LogP contribution in [-0.2, 0) is 4.74 Å². The van der Waals surface area contributed by atoms with Crippen LogP contribution in [0, 0.1) is 5.41 Å². The third-order valence-electron chi connectivity index (χ3n) is 3.45. The Kier molecular flexibility index (Phi) is 1.48. The summed E-state index contributed by atoms with van der Waals surface area (Å²) >= 11 is 0. The quantitative estimate of drug-likeness (QED) is 0.543. The van der Waals surface area contributed by atoms with Gasteiger partial charge in [0.25, 0.3) is 0 Å². The van der Waals surface area contributed by atoms with Crippen molar-refractivity contribution in [2.75, 3.05) is 6.61 Å². The zero-order valence-corrected chi connectivity index (χ0v) is 6.73. The van der Waals surface area contributed by atoms with Crippen LogP contribution in [0.15, 0.2) is 0 Å². The smallest absolute Gasteiger partial charge is 0.0632 e. The van der Waals surface area contributed by atoms with Crippen LogP contribution in [0.2, 0.25) is 0 Å². The molecule has 1 heterocycles. The second-order valence-corrected chi connectivity index (χ2v) is 3.72. The molecule has 0 unspecified atom stereocenters. The maximum Gasteiger partial charge on any atom is 0.0632 e. The Morgan fingerprint density at radius 2 is 2.40 bits per heavy atom. The standard InChI is InChI=1S/C9H16O/c1-2-9-5-3-4-8(9)10-7-6-9/h8H,2-7H2,1H3/t8-,9-/m0/s1. The van der Waals surface area contributed by atoms with Crippen molar-refractivity contribution in [3.63, 3.8) is 0 Å². The average molecular weight is 140 g/mol. The Morgan fingerprint density at radius 1 is 1.50 bits per heavy atom. The van der Waals surface area contributed by atoms with E-state index in [1.54, 1.807) is 0 Å². The van der Waals surface area contributed by atoms with Crippen molar-refractivity contribution in [3.05, 3.63) is 0 Å². The SMILES string of the molecule is CC[C@@]12CCC[C@@H]1OCC2. The van der Waals surface area contributed by atoms with E-state index in [0.717, 1.165) is 6.61 Å². The molecule has 0 amide bonds. The van der Waals surface area contributed by atoms with Crippen LogP contribution in [0.5, 0.6) is 0 Å². The summed E-state index contributed by atoms with van der Waals surface area (Å²) in [6.45, 7) is 3.34. The van der Waals surface area contributed by atoms with Gasteiger partial charge in [0.2, 0.25) is 0 Å². The van der Waals surface area contributed by atoms with E-state index in [1.807, 2.05) is 0 Å². The van der Waals surface area contributed by atoms with E-state index >= 15 is 0 Å². The summed E-state index contributed by atoms with van der Waals surface area (Å²) in [5, 5.41) is 0. The maximum absolute atomic E-state index is 5.67. The van der Waals surface area contributed by atoms with Gasteiger partial charge >= 0.3 is 0 Å². The Bertz CT molecular complexity index is 121. The highest BCUT2D eigenvalue weighted by Crippen LogP contribution is 2.49. The second kappa shape index (κ2) is 2.23. The molecule has 1 saturated carbocycles. The van der Waals surface area contributed by atoms with E-state index in [1.165, 1.54) is 32.1 Å². The molecule has 2 atom stereocenters. The van der Waals surface area contributed by atoms with Gasteiger partial charge in [-0.15, -0.1) is 0 Å². The molecule has 0 N–H and O–H groups in total. The first-order valence-corrected chi connectivity index (χ1v) is 4.49. The molecule has 1 heteroatoms. The van der Waals surface area contributed by atoms with Gasteiger partial charge in [-0.3, -0.25) is 0 Å². The molecular formula is C9H16O. The van der Waals surface area contributed by atoms with Crippen LogP contribution < -0.4 is 0 Å². The van der Waals surface area contributed by atoms with Gasteiger partial charge in [-0.1, -0.05) is 13.3 Å². The summed E-state index contributed by atoms with van der Waals surface area (Å²) < 4.78 is 5.67. The van der Waals surface area contributed by atoms with E-state index in [-0.39, 0.29) is 0 Å². The first kappa shape index (κ1) is 6.66. The molecule has 1 aliphatic carbocycles. The average Bonchev–Trinajstić information content (AvgIpc) is 2.42. The van der Waals surface area contributed by atoms with Crippen molar-refractivity contribution in [1.82, 2.24) is 0 Å². The van der Waals surface area contributed by atoms with Crippen molar-refractivity contribution in [2.45, 2.75) is 45.1 Å². The highest BCUT2D eigenvalue weighted by atomic mass is 16.5. The number of hydrogen-bond acceptors (Lipinski definition) is 1. The third kappa shape index (κ3) is 0.731. The molecule has 0 spiro atoms. The van der Waals surface area contributed by atoms with E-state index in [0.29, 0.717) is 11.5 Å². The fourth-order valence-corrected chi connectivity index (χ4v) is 2.64. The first-order valence-electron chi connectivity index (χ1n) is 4.49. The van der Waals surface area contributed by atoms with Crippen molar-refractivity contribution in [1.29, 1.82) is 0 Å². The van der Waals surface area contributed by atoms with Gasteiger partial charge in [-0.05, 0) is 31.1 Å². The van der Waals surface area contributed by atoms with Gasteiger partial charge in [0.05, 0.1) is 6.10 Å². The molecule has 2 rings (SSSR count). The normalized spacial score (nSPS) is 45.9. The van der Waals surface area contributed by atoms with Crippen molar-refractivity contribution in [2.24, 2.45) is 5.41 Å². The summed E-state index contributed by atoms with van der Waals surface area (Å²) in [6, 6.07) is 0. The summed E-state index contributed by atoms with van der Waals surface area (Å²) in [5.74, 6) is 0. The molecule has 0 bridgehead atoms. The second-order valence-electron chi connectivity index (χ2n) is 3.72. The third-order valence-corrected chi connectivity index (χ3v) is 3.45. The Morgan fingerprint density at radius 3 is 3.10 bits per heavy atom. The molecule has 1 nitrogen and oxygen atoms in total. The van der Waals surface area contributed by atoms with Crippen LogP contribution in [0.1, 0.15) is 39.0 Å². The first-order chi connectivity index (χ1) is 4.87. The zero-order chi connectivity index (χ0) is 7.03. The monoisotopic (exact) mass is 140 g/mol. The maximum atomic E-state index is 5.67. The van der Waals surface area contributed by atoms with E-state index in [9.17, 15) is 0 Å². The van der Waals surface area contributed by atoms with Gasteiger partial charge in [-0.2, -0.15) is 0 Å². The van der Waals surface area contributed by atoms with Gasteiger partial charge in [0.1, 0.15) is 0 Å². The molecule has 1 aliphatic heterocycles. The molecule has 0 aromatic carbocycles. The fraction of sp³-hybridized carbons (Fsp3) is 1.00. The van der Waals surface area contributed by atoms with Crippen LogP contribution in [0.3, 0.4) is 0 Å². The lowest BCUT2D eigenvalue weighted by Crippen LogP contribution is -2.23. The molecule has 1 saturated heterocycles. The minimum atomic E-state index is 0.625. The van der Waals surface area contributed by atoms with Crippen LogP contribution >= 0.6 is 0 Å². The van der Waals surface area contributed by atoms with Crippen molar-refractivity contribution < 1.29 is 4.74 Å². The fourth-order valence-electron chi connectivity index (χ4n) is 2.64. The summed E-state index contributed by atoms with van der Waals surface area (Å²) in [7, 11) is 0. The van der Waals surface area contributed by atoms with Gasteiger partial charge in [0.15, 0.2) is 0 Å². The molecule has 58 valence electrons. The predicted octanol–water partition coefficient (Wildman–Crippen LogP) is 2.36. The summed E-state index contributed by atoms with van der Waals surface area (Å²) in [6.07, 6.45) is 7.45. The van der Waals surface area contributed by atoms with Crippen molar-refractivity contribution >= 4 is 0 Å². The highest BCUT2D eigenvalue weighted by molar-refractivity contribution is 4.95. The van der Waals surface area contributed by atoms with Crippen molar-refractivity contribution in [3.8, 4) is 0 Å². The summed E-state index contributed by atoms with van der Waals surface area (Å²) in [5.41, 5.74) is 0.625. The molecule has 2 aliphatic rings. The number of hydrogen-bond donors (Lipinski definition) is 0. The largest absolute Gasteiger partial charge is 0.378 e. The summed E-state index contributed by atoms with van der Waals surface area (Å²) in [4.78, 5) is 0. The minimum Gasteiger partial charge on any atom is -0.378 e. The van der Waals surface area contributed by atoms with Gasteiger partial charge < -0.3 is 4.74 Å². The lowest BCUT2D eigenvalue weighted by atomic mass is 9.80. The molecule has 0 aromatic heterocycles. The zero-order valence-electron chi connectivity index (χ0n) is 6.73. The van der Waals surface area contributed by atoms with E-state index < -0.39 is 0 Å². The molecule has 2 fully saturated rings. The Balaban J connectivity index is 2.15. The number of fused-ring (bicyclic) bond motifs is 1. The van der Waals surface area contributed by atoms with E-state index in [4.69, 9.17) is 4.74 Å². The lowest BCUT2D eigenvalue weighted by molar-refractivity contribution is 0.0686. The lowest BCUT2D eigenvalue weighted by Gasteiger charge is -2.25.